The fraction of sp³-hybridized carbons (Fsp3) is 0.571. The third kappa shape index (κ3) is 2.73. The monoisotopic (exact) mass is 238 g/mol. The topological polar surface area (TPSA) is 9.23 Å². The average molecular weight is 238 g/mol. The van der Waals surface area contributed by atoms with Crippen molar-refractivity contribution >= 4 is 12.6 Å². The number of thiol groups is 1. The molecule has 0 radical (unpaired) electrons. The summed E-state index contributed by atoms with van der Waals surface area (Å²) in [7, 11) is 1.73. The molecule has 1 nitrogen and oxygen atoms in total. The highest BCUT2D eigenvalue weighted by Gasteiger charge is 2.23. The predicted octanol–water partition coefficient (Wildman–Crippen LogP) is 4.03. The molecule has 0 saturated heterocycles. The zero-order chi connectivity index (χ0) is 12.3. The van der Waals surface area contributed by atoms with Crippen molar-refractivity contribution in [3.05, 3.63) is 29.3 Å². The summed E-state index contributed by atoms with van der Waals surface area (Å²) in [5.41, 5.74) is 2.59. The van der Waals surface area contributed by atoms with Crippen LogP contribution in [0.3, 0.4) is 0 Å². The van der Waals surface area contributed by atoms with Gasteiger partial charge in [-0.25, -0.2) is 0 Å². The van der Waals surface area contributed by atoms with Gasteiger partial charge >= 0.3 is 0 Å². The maximum Gasteiger partial charge on any atom is 0.122 e. The van der Waals surface area contributed by atoms with Crippen LogP contribution in [0.1, 0.15) is 44.7 Å². The molecule has 0 fully saturated rings. The molecule has 0 aromatic heterocycles. The van der Waals surface area contributed by atoms with Gasteiger partial charge in [0.25, 0.3) is 0 Å². The van der Waals surface area contributed by atoms with Crippen molar-refractivity contribution in [1.29, 1.82) is 0 Å². The van der Waals surface area contributed by atoms with E-state index in [1.807, 2.05) is 0 Å². The van der Waals surface area contributed by atoms with E-state index in [0.717, 1.165) is 11.5 Å². The van der Waals surface area contributed by atoms with Crippen LogP contribution in [0.5, 0.6) is 5.75 Å². The molecule has 0 aliphatic rings. The first-order valence-electron chi connectivity index (χ1n) is 5.71. The Labute approximate surface area is 105 Å². The summed E-state index contributed by atoms with van der Waals surface area (Å²) < 4.78 is 5.49. The molecule has 0 saturated carbocycles. The van der Waals surface area contributed by atoms with Crippen molar-refractivity contribution in [3.63, 3.8) is 0 Å². The van der Waals surface area contributed by atoms with Crippen molar-refractivity contribution in [2.45, 2.75) is 39.0 Å². The number of rotatable bonds is 4. The molecule has 2 heteroatoms. The van der Waals surface area contributed by atoms with Gasteiger partial charge in [0.2, 0.25) is 0 Å². The largest absolute Gasteiger partial charge is 0.496 e. The van der Waals surface area contributed by atoms with Gasteiger partial charge in [0.15, 0.2) is 0 Å². The summed E-state index contributed by atoms with van der Waals surface area (Å²) in [6.45, 7) is 8.76. The quantitative estimate of drug-likeness (QED) is 0.779. The van der Waals surface area contributed by atoms with Gasteiger partial charge in [-0.15, -0.1) is 0 Å². The third-order valence-electron chi connectivity index (χ3n) is 3.02. The van der Waals surface area contributed by atoms with E-state index < -0.39 is 0 Å². The van der Waals surface area contributed by atoms with Gasteiger partial charge in [0.05, 0.1) is 7.11 Å². The van der Waals surface area contributed by atoms with E-state index in [1.165, 1.54) is 11.1 Å². The summed E-state index contributed by atoms with van der Waals surface area (Å²) in [5, 5.41) is 0. The van der Waals surface area contributed by atoms with Crippen LogP contribution in [0.2, 0.25) is 0 Å². The Morgan fingerprint density at radius 2 is 1.94 bits per heavy atom. The molecule has 16 heavy (non-hydrogen) atoms. The maximum atomic E-state index is 5.49. The lowest BCUT2D eigenvalue weighted by molar-refractivity contribution is 0.397. The van der Waals surface area contributed by atoms with E-state index in [-0.39, 0.29) is 5.41 Å². The molecule has 0 unspecified atom stereocenters. The van der Waals surface area contributed by atoms with Crippen LogP contribution in [0.4, 0.5) is 0 Å². The van der Waals surface area contributed by atoms with E-state index in [1.54, 1.807) is 7.11 Å². The number of ether oxygens (including phenoxy) is 1. The van der Waals surface area contributed by atoms with Crippen LogP contribution in [-0.2, 0) is 5.41 Å². The maximum absolute atomic E-state index is 5.49. The zero-order valence-electron chi connectivity index (χ0n) is 10.9. The molecule has 0 heterocycles. The van der Waals surface area contributed by atoms with Gasteiger partial charge in [0, 0.05) is 11.0 Å². The van der Waals surface area contributed by atoms with Crippen LogP contribution in [0.25, 0.3) is 0 Å². The Morgan fingerprint density at radius 1 is 1.31 bits per heavy atom. The fourth-order valence-electron chi connectivity index (χ4n) is 1.71. The number of methoxy groups -OCH3 is 1. The second-order valence-corrected chi connectivity index (χ2v) is 5.47. The Bertz CT molecular complexity index is 356. The van der Waals surface area contributed by atoms with Crippen LogP contribution >= 0.6 is 12.6 Å². The highest BCUT2D eigenvalue weighted by atomic mass is 32.1. The standard InChI is InChI=1S/C14H22OS/c1-10(2)11-6-7-12(13(8-11)15-5)14(3,4)9-16/h6-8,10,16H,9H2,1-5H3. The van der Waals surface area contributed by atoms with Crippen molar-refractivity contribution < 1.29 is 4.74 Å². The molecule has 0 atom stereocenters. The second kappa shape index (κ2) is 5.13. The van der Waals surface area contributed by atoms with Gasteiger partial charge in [-0.2, -0.15) is 12.6 Å². The number of hydrogen-bond donors (Lipinski definition) is 1. The van der Waals surface area contributed by atoms with Gasteiger partial charge in [-0.05, 0) is 23.3 Å². The molecule has 0 N–H and O–H groups in total. The lowest BCUT2D eigenvalue weighted by Gasteiger charge is -2.25. The first-order valence-corrected chi connectivity index (χ1v) is 6.35. The van der Waals surface area contributed by atoms with Gasteiger partial charge in [0.1, 0.15) is 5.75 Å². The summed E-state index contributed by atoms with van der Waals surface area (Å²) in [4.78, 5) is 0. The highest BCUT2D eigenvalue weighted by Crippen LogP contribution is 2.34. The SMILES string of the molecule is COc1cc(C(C)C)ccc1C(C)(C)CS. The first kappa shape index (κ1) is 13.4. The molecular weight excluding hydrogens is 216 g/mol. The average Bonchev–Trinajstić information content (AvgIpc) is 2.28. The molecule has 0 aliphatic carbocycles. The molecule has 0 aliphatic heterocycles. The fourth-order valence-corrected chi connectivity index (χ4v) is 1.88. The van der Waals surface area contributed by atoms with E-state index >= 15 is 0 Å². The van der Waals surface area contributed by atoms with Crippen molar-refractivity contribution in [2.75, 3.05) is 12.9 Å². The van der Waals surface area contributed by atoms with E-state index in [2.05, 4.69) is 58.5 Å². The second-order valence-electron chi connectivity index (χ2n) is 5.16. The minimum absolute atomic E-state index is 0.0456. The Kier molecular flexibility index (Phi) is 4.31. The third-order valence-corrected chi connectivity index (χ3v) is 3.81. The highest BCUT2D eigenvalue weighted by molar-refractivity contribution is 7.80. The van der Waals surface area contributed by atoms with E-state index in [9.17, 15) is 0 Å². The van der Waals surface area contributed by atoms with E-state index in [0.29, 0.717) is 5.92 Å². The molecule has 1 aromatic rings. The first-order chi connectivity index (χ1) is 7.42. The Morgan fingerprint density at radius 3 is 2.38 bits per heavy atom. The van der Waals surface area contributed by atoms with Crippen molar-refractivity contribution in [3.8, 4) is 5.75 Å². The molecule has 1 rings (SSSR count). The van der Waals surface area contributed by atoms with Crippen molar-refractivity contribution in [1.82, 2.24) is 0 Å². The smallest absolute Gasteiger partial charge is 0.122 e. The van der Waals surface area contributed by atoms with Crippen LogP contribution < -0.4 is 4.74 Å². The summed E-state index contributed by atoms with van der Waals surface area (Å²) in [6, 6.07) is 6.50. The molecule has 1 aromatic carbocycles. The summed E-state index contributed by atoms with van der Waals surface area (Å²) >= 11 is 4.41. The number of benzene rings is 1. The molecule has 0 bridgehead atoms. The van der Waals surface area contributed by atoms with Gasteiger partial charge in [-0.1, -0.05) is 39.8 Å². The minimum atomic E-state index is 0.0456. The zero-order valence-corrected chi connectivity index (χ0v) is 11.8. The van der Waals surface area contributed by atoms with Gasteiger partial charge < -0.3 is 4.74 Å². The molecule has 90 valence electrons. The summed E-state index contributed by atoms with van der Waals surface area (Å²) in [6.07, 6.45) is 0. The van der Waals surface area contributed by atoms with Crippen LogP contribution in [0.15, 0.2) is 18.2 Å². The molecule has 0 amide bonds. The number of hydrogen-bond acceptors (Lipinski definition) is 2. The van der Waals surface area contributed by atoms with E-state index in [4.69, 9.17) is 4.74 Å². The van der Waals surface area contributed by atoms with Crippen molar-refractivity contribution in [2.24, 2.45) is 0 Å². The minimum Gasteiger partial charge on any atom is -0.496 e. The van der Waals surface area contributed by atoms with Crippen LogP contribution in [0, 0.1) is 0 Å². The molecular formula is C14H22OS. The lowest BCUT2D eigenvalue weighted by atomic mass is 9.84. The normalized spacial score (nSPS) is 11.9. The Hall–Kier alpha value is -0.630. The predicted molar refractivity (Wildman–Crippen MR) is 74.0 cm³/mol. The van der Waals surface area contributed by atoms with Gasteiger partial charge in [-0.3, -0.25) is 0 Å². The molecule has 0 spiro atoms. The lowest BCUT2D eigenvalue weighted by Crippen LogP contribution is -2.20. The Balaban J connectivity index is 3.22. The van der Waals surface area contributed by atoms with Crippen LogP contribution in [-0.4, -0.2) is 12.9 Å². The summed E-state index contributed by atoms with van der Waals surface area (Å²) in [5.74, 6) is 2.32.